The standard InChI is InChI=1S/C27H26Cl2N4O6S2/c28-19-13-30-14-20(29)23(19)25(34)31-17-7-3-15(4-8-17)12-21(27(36)37)32-26(35)24-16-5-9-18(10-6-16)33(24)41(38,39)22-2-1-11-40-22/h1-4,7-8,11,13-14,16,18,21,24H,5-6,9-10,12H2,(H,31,34)(H,32,35)(H,36,37)/t16?,18?,21-,24-/m0/s1. The van der Waals surface area contributed by atoms with Crippen molar-refractivity contribution < 1.29 is 27.9 Å². The third-order valence-electron chi connectivity index (χ3n) is 7.46. The van der Waals surface area contributed by atoms with Crippen LogP contribution in [-0.2, 0) is 26.0 Å². The van der Waals surface area contributed by atoms with Crippen LogP contribution in [0.3, 0.4) is 0 Å². The molecule has 1 aliphatic carbocycles. The van der Waals surface area contributed by atoms with Crippen molar-refractivity contribution in [3.8, 4) is 0 Å². The van der Waals surface area contributed by atoms with E-state index in [2.05, 4.69) is 15.6 Å². The van der Waals surface area contributed by atoms with Crippen molar-refractivity contribution in [2.24, 2.45) is 5.92 Å². The van der Waals surface area contributed by atoms with Crippen LogP contribution in [-0.4, -0.2) is 58.7 Å². The molecule has 10 nitrogen and oxygen atoms in total. The number of sulfonamides is 1. The van der Waals surface area contributed by atoms with Crippen LogP contribution in [0.2, 0.25) is 10.0 Å². The second-order valence-corrected chi connectivity index (χ2v) is 13.8. The summed E-state index contributed by atoms with van der Waals surface area (Å²) in [6.07, 6.45) is 5.33. The summed E-state index contributed by atoms with van der Waals surface area (Å²) in [5.41, 5.74) is 1.09. The fourth-order valence-electron chi connectivity index (χ4n) is 5.54. The van der Waals surface area contributed by atoms with E-state index in [1.807, 2.05) is 0 Å². The Morgan fingerprint density at radius 1 is 1.05 bits per heavy atom. The lowest BCUT2D eigenvalue weighted by Crippen LogP contribution is -2.63. The Labute approximate surface area is 250 Å². The number of hydrogen-bond donors (Lipinski definition) is 3. The number of nitrogens with one attached hydrogen (secondary N) is 2. The summed E-state index contributed by atoms with van der Waals surface area (Å²) in [5, 5.41) is 17.1. The number of thiophene rings is 1. The van der Waals surface area contributed by atoms with Gasteiger partial charge in [-0.25, -0.2) is 13.2 Å². The molecule has 14 heteroatoms. The number of amides is 2. The number of carbonyl (C=O) groups is 3. The predicted octanol–water partition coefficient (Wildman–Crippen LogP) is 4.45. The summed E-state index contributed by atoms with van der Waals surface area (Å²) in [7, 11) is -3.91. The number of anilines is 1. The van der Waals surface area contributed by atoms with Crippen LogP contribution in [0, 0.1) is 5.92 Å². The Kier molecular flexibility index (Phi) is 8.67. The monoisotopic (exact) mass is 636 g/mol. The first-order chi connectivity index (χ1) is 19.6. The average Bonchev–Trinajstić information content (AvgIpc) is 3.50. The molecule has 216 valence electrons. The number of aromatic nitrogens is 1. The van der Waals surface area contributed by atoms with E-state index in [1.54, 1.807) is 35.7 Å². The summed E-state index contributed by atoms with van der Waals surface area (Å²) >= 11 is 13.2. The molecule has 0 spiro atoms. The summed E-state index contributed by atoms with van der Waals surface area (Å²) in [6, 6.07) is 7.04. The van der Waals surface area contributed by atoms with Crippen molar-refractivity contribution >= 4 is 68.0 Å². The van der Waals surface area contributed by atoms with Gasteiger partial charge in [0.1, 0.15) is 16.3 Å². The van der Waals surface area contributed by atoms with E-state index in [9.17, 15) is 27.9 Å². The smallest absolute Gasteiger partial charge is 0.326 e. The molecule has 3 fully saturated rings. The largest absolute Gasteiger partial charge is 0.480 e. The fourth-order valence-corrected chi connectivity index (χ4v) is 9.06. The van der Waals surface area contributed by atoms with E-state index in [-0.39, 0.29) is 38.2 Å². The van der Waals surface area contributed by atoms with Crippen molar-refractivity contribution in [2.45, 2.75) is 54.4 Å². The van der Waals surface area contributed by atoms with Gasteiger partial charge >= 0.3 is 5.97 Å². The molecule has 2 atom stereocenters. The van der Waals surface area contributed by atoms with Crippen LogP contribution in [0.5, 0.6) is 0 Å². The van der Waals surface area contributed by atoms with Crippen LogP contribution in [0.1, 0.15) is 41.6 Å². The number of benzene rings is 1. The number of carboxylic acid groups (broad SMARTS) is 1. The van der Waals surface area contributed by atoms with E-state index in [1.165, 1.54) is 22.8 Å². The normalized spacial score (nSPS) is 21.3. The molecule has 2 saturated heterocycles. The number of piperidine rings is 2. The molecule has 2 aliphatic heterocycles. The molecule has 2 amide bonds. The van der Waals surface area contributed by atoms with Crippen molar-refractivity contribution in [3.63, 3.8) is 0 Å². The molecule has 0 unspecified atom stereocenters. The molecular formula is C27H26Cl2N4O6S2. The third-order valence-corrected chi connectivity index (χ3v) is 11.3. The zero-order chi connectivity index (χ0) is 29.3. The number of pyridine rings is 1. The Morgan fingerprint density at radius 2 is 1.71 bits per heavy atom. The lowest BCUT2D eigenvalue weighted by molar-refractivity contribution is -0.143. The molecule has 6 rings (SSSR count). The van der Waals surface area contributed by atoms with Crippen molar-refractivity contribution in [1.29, 1.82) is 0 Å². The maximum atomic E-state index is 13.5. The quantitative estimate of drug-likeness (QED) is 0.314. The minimum atomic E-state index is -3.91. The highest BCUT2D eigenvalue weighted by Crippen LogP contribution is 2.43. The molecule has 3 N–H and O–H groups in total. The van der Waals surface area contributed by atoms with E-state index >= 15 is 0 Å². The van der Waals surface area contributed by atoms with Crippen molar-refractivity contribution in [3.05, 3.63) is 75.3 Å². The first kappa shape index (κ1) is 29.5. The number of carboxylic acids is 1. The molecule has 41 heavy (non-hydrogen) atoms. The fraction of sp³-hybridized carbons (Fsp3) is 0.333. The van der Waals surface area contributed by atoms with Gasteiger partial charge in [-0.1, -0.05) is 41.4 Å². The van der Waals surface area contributed by atoms with E-state index in [0.29, 0.717) is 36.9 Å². The van der Waals surface area contributed by atoms with Gasteiger partial charge in [-0.05, 0) is 60.7 Å². The highest BCUT2D eigenvalue weighted by atomic mass is 35.5. The van der Waals surface area contributed by atoms with Gasteiger partial charge in [-0.15, -0.1) is 11.3 Å². The molecule has 2 aromatic heterocycles. The third kappa shape index (κ3) is 6.12. The van der Waals surface area contributed by atoms with Gasteiger partial charge in [-0.3, -0.25) is 14.6 Å². The van der Waals surface area contributed by atoms with Gasteiger partial charge in [0.25, 0.3) is 15.9 Å². The van der Waals surface area contributed by atoms with Gasteiger partial charge in [0.05, 0.1) is 15.6 Å². The SMILES string of the molecule is O=C(Nc1ccc(C[C@H](NC(=O)[C@@H]2C3CCC(CC3)N2S(=O)(=O)c2cccs2)C(=O)O)cc1)c1c(Cl)cncc1Cl. The van der Waals surface area contributed by atoms with E-state index in [0.717, 1.165) is 11.3 Å². The maximum Gasteiger partial charge on any atom is 0.326 e. The van der Waals surface area contributed by atoms with E-state index in [4.69, 9.17) is 23.2 Å². The highest BCUT2D eigenvalue weighted by molar-refractivity contribution is 7.91. The highest BCUT2D eigenvalue weighted by Gasteiger charge is 2.51. The van der Waals surface area contributed by atoms with Gasteiger partial charge in [0.2, 0.25) is 5.91 Å². The van der Waals surface area contributed by atoms with Gasteiger partial charge in [0, 0.05) is 30.5 Å². The summed E-state index contributed by atoms with van der Waals surface area (Å²) in [6.45, 7) is 0. The van der Waals surface area contributed by atoms with E-state index < -0.39 is 39.9 Å². The number of carbonyl (C=O) groups excluding carboxylic acids is 2. The Hall–Kier alpha value is -3.03. The predicted molar refractivity (Wildman–Crippen MR) is 155 cm³/mol. The summed E-state index contributed by atoms with van der Waals surface area (Å²) in [5.74, 6) is -2.57. The molecule has 1 aromatic carbocycles. The van der Waals surface area contributed by atoms with Gasteiger partial charge in [0.15, 0.2) is 0 Å². The van der Waals surface area contributed by atoms with Crippen LogP contribution >= 0.6 is 34.5 Å². The molecule has 0 radical (unpaired) electrons. The van der Waals surface area contributed by atoms with Gasteiger partial charge < -0.3 is 15.7 Å². The van der Waals surface area contributed by atoms with Gasteiger partial charge in [-0.2, -0.15) is 4.31 Å². The lowest BCUT2D eigenvalue weighted by atomic mass is 9.76. The second-order valence-electron chi connectivity index (χ2n) is 10.0. The Balaban J connectivity index is 1.29. The van der Waals surface area contributed by atoms with Crippen LogP contribution in [0.4, 0.5) is 5.69 Å². The number of halogens is 2. The molecular weight excluding hydrogens is 611 g/mol. The molecule has 4 heterocycles. The zero-order valence-electron chi connectivity index (χ0n) is 21.5. The number of rotatable bonds is 9. The Morgan fingerprint density at radius 3 is 2.29 bits per heavy atom. The first-order valence-electron chi connectivity index (χ1n) is 12.9. The number of nitrogens with zero attached hydrogens (tertiary/aromatic N) is 2. The minimum absolute atomic E-state index is 0.0458. The number of fused-ring (bicyclic) bond motifs is 3. The molecule has 3 aromatic rings. The summed E-state index contributed by atoms with van der Waals surface area (Å²) < 4.78 is 28.5. The average molecular weight is 638 g/mol. The molecule has 2 bridgehead atoms. The number of aliphatic carboxylic acids is 1. The topological polar surface area (TPSA) is 146 Å². The zero-order valence-corrected chi connectivity index (χ0v) is 24.6. The van der Waals surface area contributed by atoms with Crippen LogP contribution in [0.15, 0.2) is 58.4 Å². The maximum absolute atomic E-state index is 13.5. The summed E-state index contributed by atoms with van der Waals surface area (Å²) in [4.78, 5) is 42.1. The molecule has 1 saturated carbocycles. The molecule has 3 aliphatic rings. The van der Waals surface area contributed by atoms with Crippen LogP contribution in [0.25, 0.3) is 0 Å². The Bertz CT molecular complexity index is 1540. The minimum Gasteiger partial charge on any atom is -0.480 e. The number of hydrogen-bond acceptors (Lipinski definition) is 7. The van der Waals surface area contributed by atoms with Crippen molar-refractivity contribution in [2.75, 3.05) is 5.32 Å². The first-order valence-corrected chi connectivity index (χ1v) is 15.9. The lowest BCUT2D eigenvalue weighted by Gasteiger charge is -2.49. The second kappa shape index (κ2) is 12.1. The van der Waals surface area contributed by atoms with Crippen molar-refractivity contribution in [1.82, 2.24) is 14.6 Å². The van der Waals surface area contributed by atoms with Crippen LogP contribution < -0.4 is 10.6 Å².